The van der Waals surface area contributed by atoms with Gasteiger partial charge in [-0.1, -0.05) is 12.1 Å². The zero-order chi connectivity index (χ0) is 10.8. The Morgan fingerprint density at radius 3 is 2.21 bits per heavy atom. The van der Waals surface area contributed by atoms with Crippen LogP contribution in [-0.2, 0) is 10.3 Å². The number of nitrogen functional groups attached to an aromatic ring is 1. The zero-order valence-electron chi connectivity index (χ0n) is 7.47. The van der Waals surface area contributed by atoms with Gasteiger partial charge in [-0.3, -0.25) is 0 Å². The summed E-state index contributed by atoms with van der Waals surface area (Å²) in [4.78, 5) is 10.8. The van der Waals surface area contributed by atoms with Crippen molar-refractivity contribution in [1.29, 1.82) is 0 Å². The van der Waals surface area contributed by atoms with Gasteiger partial charge in [0.25, 0.3) is 0 Å². The Morgan fingerprint density at radius 1 is 1.36 bits per heavy atom. The van der Waals surface area contributed by atoms with Gasteiger partial charge in [-0.05, 0) is 17.7 Å². The maximum absolute atomic E-state index is 10.8. The first-order valence-electron chi connectivity index (χ1n) is 4.00. The average molecular weight is 196 g/mol. The fraction of sp³-hybridized carbons (Fsp3) is 0.222. The van der Waals surface area contributed by atoms with E-state index >= 15 is 0 Å². The Hall–Kier alpha value is -1.59. The van der Waals surface area contributed by atoms with Crippen molar-refractivity contribution in [2.45, 2.75) is 5.54 Å². The summed E-state index contributed by atoms with van der Waals surface area (Å²) < 4.78 is 0. The second-order valence-electron chi connectivity index (χ2n) is 3.06. The minimum Gasteiger partial charge on any atom is -0.480 e. The lowest BCUT2D eigenvalue weighted by Gasteiger charge is -2.22. The zero-order valence-corrected chi connectivity index (χ0v) is 7.47. The molecule has 1 rings (SSSR count). The second kappa shape index (κ2) is 3.65. The molecule has 1 aromatic rings. The predicted octanol–water partition coefficient (Wildman–Crippen LogP) is -0.500. The third-order valence-corrected chi connectivity index (χ3v) is 2.06. The van der Waals surface area contributed by atoms with Crippen molar-refractivity contribution in [3.8, 4) is 0 Å². The van der Waals surface area contributed by atoms with Crippen molar-refractivity contribution in [2.75, 3.05) is 12.3 Å². The van der Waals surface area contributed by atoms with Gasteiger partial charge in [-0.2, -0.15) is 0 Å². The Labute approximate surface area is 81.0 Å². The lowest BCUT2D eigenvalue weighted by Crippen LogP contribution is -2.48. The summed E-state index contributed by atoms with van der Waals surface area (Å²) in [5, 5.41) is 17.8. The van der Waals surface area contributed by atoms with Crippen LogP contribution in [-0.4, -0.2) is 22.8 Å². The predicted molar refractivity (Wildman–Crippen MR) is 51.4 cm³/mol. The van der Waals surface area contributed by atoms with Crippen LogP contribution in [0.2, 0.25) is 0 Å². The molecule has 0 radical (unpaired) electrons. The molecule has 0 saturated heterocycles. The molecule has 0 aliphatic carbocycles. The molecule has 1 aromatic carbocycles. The summed E-state index contributed by atoms with van der Waals surface area (Å²) in [6.45, 7) is -0.660. The topological polar surface area (TPSA) is 110 Å². The summed E-state index contributed by atoms with van der Waals surface area (Å²) in [6.07, 6.45) is 0. The molecule has 0 spiro atoms. The Bertz CT molecular complexity index is 336. The highest BCUT2D eigenvalue weighted by Crippen LogP contribution is 2.19. The van der Waals surface area contributed by atoms with Crippen molar-refractivity contribution in [3.63, 3.8) is 0 Å². The van der Waals surface area contributed by atoms with Crippen LogP contribution >= 0.6 is 0 Å². The number of hydrogen-bond donors (Lipinski definition) is 4. The van der Waals surface area contributed by atoms with Gasteiger partial charge < -0.3 is 21.7 Å². The van der Waals surface area contributed by atoms with Crippen molar-refractivity contribution < 1.29 is 15.0 Å². The number of carboxylic acid groups (broad SMARTS) is 1. The normalized spacial score (nSPS) is 14.7. The number of nitrogens with two attached hydrogens (primary N) is 2. The van der Waals surface area contributed by atoms with Crippen LogP contribution in [0, 0.1) is 0 Å². The van der Waals surface area contributed by atoms with Gasteiger partial charge in [0.05, 0.1) is 6.61 Å². The molecule has 76 valence electrons. The number of carbonyl (C=O) groups is 1. The highest BCUT2D eigenvalue weighted by Gasteiger charge is 2.35. The van der Waals surface area contributed by atoms with Gasteiger partial charge in [-0.25, -0.2) is 4.79 Å². The van der Waals surface area contributed by atoms with Gasteiger partial charge in [0.15, 0.2) is 5.54 Å². The monoisotopic (exact) mass is 196 g/mol. The van der Waals surface area contributed by atoms with Gasteiger partial charge in [-0.15, -0.1) is 0 Å². The van der Waals surface area contributed by atoms with E-state index < -0.39 is 18.1 Å². The Kier molecular flexibility index (Phi) is 2.73. The lowest BCUT2D eigenvalue weighted by molar-refractivity contribution is -0.145. The maximum atomic E-state index is 10.8. The number of anilines is 1. The number of carboxylic acids is 1. The van der Waals surface area contributed by atoms with Crippen LogP contribution in [0.15, 0.2) is 24.3 Å². The largest absolute Gasteiger partial charge is 0.480 e. The molecule has 0 fully saturated rings. The summed E-state index contributed by atoms with van der Waals surface area (Å²) in [7, 11) is 0. The van der Waals surface area contributed by atoms with E-state index in [9.17, 15) is 4.79 Å². The van der Waals surface area contributed by atoms with Crippen molar-refractivity contribution in [2.24, 2.45) is 5.73 Å². The van der Waals surface area contributed by atoms with Crippen LogP contribution in [0.1, 0.15) is 5.56 Å². The number of aliphatic hydroxyl groups is 1. The molecule has 0 bridgehead atoms. The molecule has 14 heavy (non-hydrogen) atoms. The molecule has 1 atom stereocenters. The fourth-order valence-electron chi connectivity index (χ4n) is 1.06. The number of benzene rings is 1. The molecule has 0 aliphatic rings. The fourth-order valence-corrected chi connectivity index (χ4v) is 1.06. The van der Waals surface area contributed by atoms with Gasteiger partial charge >= 0.3 is 5.97 Å². The molecule has 6 N–H and O–H groups in total. The summed E-state index contributed by atoms with van der Waals surface area (Å²) in [5.74, 6) is -1.27. The lowest BCUT2D eigenvalue weighted by atomic mass is 9.92. The summed E-state index contributed by atoms with van der Waals surface area (Å²) >= 11 is 0. The summed E-state index contributed by atoms with van der Waals surface area (Å²) in [5.41, 5.74) is 10.0. The average Bonchev–Trinajstić information content (AvgIpc) is 2.17. The molecule has 0 amide bonds. The number of hydrogen-bond acceptors (Lipinski definition) is 4. The number of aliphatic hydroxyl groups excluding tert-OH is 1. The molecule has 0 aliphatic heterocycles. The van der Waals surface area contributed by atoms with E-state index in [1.54, 1.807) is 0 Å². The van der Waals surface area contributed by atoms with Gasteiger partial charge in [0.2, 0.25) is 0 Å². The molecule has 0 aromatic heterocycles. The minimum absolute atomic E-state index is 0.321. The van der Waals surface area contributed by atoms with Crippen LogP contribution in [0.5, 0.6) is 0 Å². The van der Waals surface area contributed by atoms with Crippen LogP contribution in [0.3, 0.4) is 0 Å². The highest BCUT2D eigenvalue weighted by molar-refractivity contribution is 5.80. The van der Waals surface area contributed by atoms with E-state index in [1.165, 1.54) is 24.3 Å². The second-order valence-corrected chi connectivity index (χ2v) is 3.06. The van der Waals surface area contributed by atoms with Crippen molar-refractivity contribution in [3.05, 3.63) is 29.8 Å². The van der Waals surface area contributed by atoms with Crippen LogP contribution in [0.25, 0.3) is 0 Å². The molecular formula is C9H12N2O3. The van der Waals surface area contributed by atoms with Gasteiger partial charge in [0, 0.05) is 5.69 Å². The van der Waals surface area contributed by atoms with E-state index in [4.69, 9.17) is 21.7 Å². The molecule has 0 heterocycles. The standard InChI is InChI=1S/C9H12N2O3/c10-7-3-1-6(2-4-7)9(11,5-12)8(13)14/h1-4,12H,5,10-11H2,(H,13,14). The van der Waals surface area contributed by atoms with Crippen molar-refractivity contribution in [1.82, 2.24) is 0 Å². The first-order valence-corrected chi connectivity index (χ1v) is 4.00. The molecule has 5 heteroatoms. The summed E-state index contributed by atoms with van der Waals surface area (Å²) in [6, 6.07) is 6.05. The van der Waals surface area contributed by atoms with Crippen molar-refractivity contribution >= 4 is 11.7 Å². The first kappa shape index (κ1) is 10.5. The third-order valence-electron chi connectivity index (χ3n) is 2.06. The Balaban J connectivity index is 3.13. The van der Waals surface area contributed by atoms with E-state index in [0.29, 0.717) is 11.3 Å². The number of rotatable bonds is 3. The maximum Gasteiger partial charge on any atom is 0.330 e. The molecule has 5 nitrogen and oxygen atoms in total. The van der Waals surface area contributed by atoms with Gasteiger partial charge in [0.1, 0.15) is 0 Å². The first-order chi connectivity index (χ1) is 6.50. The van der Waals surface area contributed by atoms with E-state index in [2.05, 4.69) is 0 Å². The smallest absolute Gasteiger partial charge is 0.330 e. The van der Waals surface area contributed by atoms with E-state index in [-0.39, 0.29) is 0 Å². The number of aliphatic carboxylic acids is 1. The Morgan fingerprint density at radius 2 is 1.86 bits per heavy atom. The molecule has 0 saturated carbocycles. The van der Waals surface area contributed by atoms with E-state index in [1.807, 2.05) is 0 Å². The minimum atomic E-state index is -1.76. The SMILES string of the molecule is Nc1ccc(C(N)(CO)C(=O)O)cc1. The molecule has 1 unspecified atom stereocenters. The van der Waals surface area contributed by atoms with Crippen LogP contribution < -0.4 is 11.5 Å². The third kappa shape index (κ3) is 1.68. The highest BCUT2D eigenvalue weighted by atomic mass is 16.4. The van der Waals surface area contributed by atoms with Crippen LogP contribution in [0.4, 0.5) is 5.69 Å². The molecular weight excluding hydrogens is 184 g/mol. The quantitative estimate of drug-likeness (QED) is 0.487. The van der Waals surface area contributed by atoms with E-state index in [0.717, 1.165) is 0 Å².